The van der Waals surface area contributed by atoms with Crippen LogP contribution in [0.3, 0.4) is 0 Å². The second-order valence-electron chi connectivity index (χ2n) is 6.51. The lowest BCUT2D eigenvalue weighted by Gasteiger charge is -2.09. The Labute approximate surface area is 181 Å². The van der Waals surface area contributed by atoms with Crippen molar-refractivity contribution >= 4 is 11.9 Å². The van der Waals surface area contributed by atoms with E-state index in [2.05, 4.69) is 0 Å². The number of hydrogen-bond donors (Lipinski definition) is 0. The summed E-state index contributed by atoms with van der Waals surface area (Å²) in [6.45, 7) is 2.75. The first-order valence-corrected chi connectivity index (χ1v) is 9.99. The van der Waals surface area contributed by atoms with Gasteiger partial charge in [-0.3, -0.25) is 0 Å². The van der Waals surface area contributed by atoms with E-state index in [4.69, 9.17) is 18.9 Å². The number of ether oxygens (including phenoxy) is 4. The number of esters is 2. The van der Waals surface area contributed by atoms with Crippen LogP contribution in [0.4, 0.5) is 0 Å². The second kappa shape index (κ2) is 11.5. The molecule has 0 atom stereocenters. The van der Waals surface area contributed by atoms with Gasteiger partial charge in [0.05, 0.1) is 12.2 Å². The Morgan fingerprint density at radius 2 is 1.39 bits per heavy atom. The second-order valence-corrected chi connectivity index (χ2v) is 6.51. The van der Waals surface area contributed by atoms with Crippen molar-refractivity contribution in [2.24, 2.45) is 0 Å². The van der Waals surface area contributed by atoms with Gasteiger partial charge in [0, 0.05) is 6.61 Å². The molecule has 0 saturated heterocycles. The van der Waals surface area contributed by atoms with Crippen LogP contribution in [0.1, 0.15) is 17.3 Å². The number of rotatable bonds is 10. The van der Waals surface area contributed by atoms with Gasteiger partial charge >= 0.3 is 11.9 Å². The monoisotopic (exact) mass is 420 g/mol. The fraction of sp³-hybridized carbons (Fsp3) is 0.200. The summed E-state index contributed by atoms with van der Waals surface area (Å²) in [5.74, 6) is -0.111. The highest BCUT2D eigenvalue weighted by atomic mass is 16.6. The summed E-state index contributed by atoms with van der Waals surface area (Å²) in [5, 5.41) is 0. The lowest BCUT2D eigenvalue weighted by molar-refractivity contribution is -0.136. The van der Waals surface area contributed by atoms with Crippen molar-refractivity contribution in [3.05, 3.63) is 84.4 Å². The average Bonchev–Trinajstić information content (AvgIpc) is 2.82. The average molecular weight is 420 g/mol. The molecule has 0 fully saturated rings. The van der Waals surface area contributed by atoms with Gasteiger partial charge in [-0.2, -0.15) is 0 Å². The Morgan fingerprint density at radius 3 is 2.06 bits per heavy atom. The highest BCUT2D eigenvalue weighted by Crippen LogP contribution is 2.22. The summed E-state index contributed by atoms with van der Waals surface area (Å²) in [7, 11) is 0. The highest BCUT2D eigenvalue weighted by molar-refractivity contribution is 5.89. The zero-order chi connectivity index (χ0) is 21.9. The van der Waals surface area contributed by atoms with E-state index >= 15 is 0 Å². The van der Waals surface area contributed by atoms with Crippen LogP contribution >= 0.6 is 0 Å². The van der Waals surface area contributed by atoms with Crippen LogP contribution in [0.15, 0.2) is 78.9 Å². The molecule has 3 aromatic rings. The maximum atomic E-state index is 12.0. The molecule has 160 valence electrons. The molecular weight excluding hydrogens is 396 g/mol. The largest absolute Gasteiger partial charge is 0.482 e. The molecule has 0 heterocycles. The summed E-state index contributed by atoms with van der Waals surface area (Å²) in [6, 6.07) is 23.6. The van der Waals surface area contributed by atoms with E-state index in [1.807, 2.05) is 61.5 Å². The number of carbonyl (C=O) groups excluding carboxylic acids is 2. The van der Waals surface area contributed by atoms with Gasteiger partial charge in [0.25, 0.3) is 0 Å². The van der Waals surface area contributed by atoms with Crippen molar-refractivity contribution in [3.63, 3.8) is 0 Å². The van der Waals surface area contributed by atoms with Gasteiger partial charge in [-0.05, 0) is 54.4 Å². The molecule has 0 N–H and O–H groups in total. The molecule has 0 aromatic heterocycles. The molecule has 3 aromatic carbocycles. The molecule has 31 heavy (non-hydrogen) atoms. The van der Waals surface area contributed by atoms with E-state index in [0.717, 1.165) is 11.1 Å². The minimum absolute atomic E-state index is 0.188. The zero-order valence-corrected chi connectivity index (χ0v) is 17.3. The summed E-state index contributed by atoms with van der Waals surface area (Å²) >= 11 is 0. The number of hydrogen-bond acceptors (Lipinski definition) is 6. The minimum Gasteiger partial charge on any atom is -0.482 e. The smallest absolute Gasteiger partial charge is 0.349 e. The predicted octanol–water partition coefficient (Wildman–Crippen LogP) is 4.53. The number of benzene rings is 3. The van der Waals surface area contributed by atoms with Crippen molar-refractivity contribution in [2.45, 2.75) is 6.92 Å². The van der Waals surface area contributed by atoms with Crippen LogP contribution in [-0.4, -0.2) is 38.4 Å². The van der Waals surface area contributed by atoms with Crippen molar-refractivity contribution in [1.29, 1.82) is 0 Å². The topological polar surface area (TPSA) is 71.1 Å². The Bertz CT molecular complexity index is 965. The standard InChI is InChI=1S/C25H24O6/c1-2-28-16-17-29-25(27)21-10-14-23(15-11-21)31-24(26)18-30-22-12-8-20(9-13-22)19-6-4-3-5-7-19/h3-15H,2,16-18H2,1H3. The third-order valence-electron chi connectivity index (χ3n) is 4.30. The first-order valence-electron chi connectivity index (χ1n) is 9.99. The van der Waals surface area contributed by atoms with E-state index < -0.39 is 11.9 Å². The van der Waals surface area contributed by atoms with Crippen molar-refractivity contribution in [1.82, 2.24) is 0 Å². The quantitative estimate of drug-likeness (QED) is 0.273. The van der Waals surface area contributed by atoms with Gasteiger partial charge < -0.3 is 18.9 Å². The SMILES string of the molecule is CCOCCOC(=O)c1ccc(OC(=O)COc2ccc(-c3ccccc3)cc2)cc1. The maximum Gasteiger partial charge on any atom is 0.349 e. The molecule has 0 bridgehead atoms. The third kappa shape index (κ3) is 6.97. The summed E-state index contributed by atoms with van der Waals surface area (Å²) in [5.41, 5.74) is 2.54. The summed E-state index contributed by atoms with van der Waals surface area (Å²) in [6.07, 6.45) is 0. The first-order chi connectivity index (χ1) is 15.2. The highest BCUT2D eigenvalue weighted by Gasteiger charge is 2.10. The summed E-state index contributed by atoms with van der Waals surface area (Å²) < 4.78 is 20.9. The predicted molar refractivity (Wildman–Crippen MR) is 116 cm³/mol. The molecule has 0 aliphatic heterocycles. The molecule has 0 aliphatic rings. The number of carbonyl (C=O) groups is 2. The van der Waals surface area contributed by atoms with Crippen molar-refractivity contribution in [2.75, 3.05) is 26.4 Å². The molecule has 0 radical (unpaired) electrons. The van der Waals surface area contributed by atoms with Gasteiger partial charge in [0.2, 0.25) is 0 Å². The Morgan fingerprint density at radius 1 is 0.742 bits per heavy atom. The van der Waals surface area contributed by atoms with E-state index in [-0.39, 0.29) is 13.2 Å². The van der Waals surface area contributed by atoms with Gasteiger partial charge in [-0.25, -0.2) is 9.59 Å². The lowest BCUT2D eigenvalue weighted by Crippen LogP contribution is -2.17. The molecule has 0 aliphatic carbocycles. The molecule has 6 heteroatoms. The van der Waals surface area contributed by atoms with Crippen LogP contribution in [-0.2, 0) is 14.3 Å². The normalized spacial score (nSPS) is 10.4. The van der Waals surface area contributed by atoms with Crippen LogP contribution < -0.4 is 9.47 Å². The summed E-state index contributed by atoms with van der Waals surface area (Å²) in [4.78, 5) is 24.0. The van der Waals surface area contributed by atoms with Crippen molar-refractivity contribution < 1.29 is 28.5 Å². The first kappa shape index (κ1) is 22.1. The molecular formula is C25H24O6. The fourth-order valence-corrected chi connectivity index (χ4v) is 2.76. The molecule has 0 unspecified atom stereocenters. The van der Waals surface area contributed by atoms with Gasteiger partial charge in [-0.1, -0.05) is 42.5 Å². The van der Waals surface area contributed by atoms with E-state index in [9.17, 15) is 9.59 Å². The van der Waals surface area contributed by atoms with Crippen LogP contribution in [0.5, 0.6) is 11.5 Å². The van der Waals surface area contributed by atoms with E-state index in [0.29, 0.717) is 30.3 Å². The Kier molecular flexibility index (Phi) is 8.20. The Balaban J connectivity index is 1.44. The molecule has 0 amide bonds. The molecule has 0 saturated carbocycles. The Hall–Kier alpha value is -3.64. The van der Waals surface area contributed by atoms with Crippen LogP contribution in [0, 0.1) is 0 Å². The van der Waals surface area contributed by atoms with Crippen LogP contribution in [0.25, 0.3) is 11.1 Å². The molecule has 0 spiro atoms. The minimum atomic E-state index is -0.542. The van der Waals surface area contributed by atoms with Gasteiger partial charge in [0.15, 0.2) is 6.61 Å². The third-order valence-corrected chi connectivity index (χ3v) is 4.30. The lowest BCUT2D eigenvalue weighted by atomic mass is 10.1. The van der Waals surface area contributed by atoms with Gasteiger partial charge in [-0.15, -0.1) is 0 Å². The van der Waals surface area contributed by atoms with Crippen molar-refractivity contribution in [3.8, 4) is 22.6 Å². The fourth-order valence-electron chi connectivity index (χ4n) is 2.76. The van der Waals surface area contributed by atoms with E-state index in [1.165, 1.54) is 24.3 Å². The van der Waals surface area contributed by atoms with Crippen LogP contribution in [0.2, 0.25) is 0 Å². The zero-order valence-electron chi connectivity index (χ0n) is 17.3. The van der Waals surface area contributed by atoms with E-state index in [1.54, 1.807) is 0 Å². The molecule has 3 rings (SSSR count). The maximum absolute atomic E-state index is 12.0. The van der Waals surface area contributed by atoms with Gasteiger partial charge in [0.1, 0.15) is 18.1 Å². The molecule has 6 nitrogen and oxygen atoms in total.